The Kier molecular flexibility index (Phi) is 6.83. The summed E-state index contributed by atoms with van der Waals surface area (Å²) < 4.78 is 5.54. The third-order valence-corrected chi connectivity index (χ3v) is 5.22. The first-order chi connectivity index (χ1) is 6.14. The van der Waals surface area contributed by atoms with Crippen LogP contribution in [0.5, 0.6) is 0 Å². The zero-order chi connectivity index (χ0) is 10.3. The van der Waals surface area contributed by atoms with E-state index in [-0.39, 0.29) is 24.8 Å². The quantitative estimate of drug-likeness (QED) is 0.442. The summed E-state index contributed by atoms with van der Waals surface area (Å²) in [6.45, 7) is 1.92. The molecule has 80 valence electrons. The molecule has 3 N–H and O–H groups in total. The fraction of sp³-hybridized carbons (Fsp3) is 1.00. The predicted molar refractivity (Wildman–Crippen MR) is 56.9 cm³/mol. The van der Waals surface area contributed by atoms with Gasteiger partial charge in [0.25, 0.3) is 8.32 Å². The van der Waals surface area contributed by atoms with Crippen LogP contribution in [0.15, 0.2) is 0 Å². The average Bonchev–Trinajstić information content (AvgIpc) is 2.15. The van der Waals surface area contributed by atoms with Crippen molar-refractivity contribution < 1.29 is 19.7 Å². The highest BCUT2D eigenvalue weighted by molar-refractivity contribution is 6.73. The van der Waals surface area contributed by atoms with E-state index in [1.54, 1.807) is 0 Å². The Balaban J connectivity index is 4.07. The van der Waals surface area contributed by atoms with Gasteiger partial charge >= 0.3 is 0 Å². The van der Waals surface area contributed by atoms with Crippen LogP contribution in [0.2, 0.25) is 6.04 Å². The van der Waals surface area contributed by atoms with E-state index in [9.17, 15) is 0 Å². The van der Waals surface area contributed by atoms with Gasteiger partial charge in [0, 0.05) is 16.3 Å². The van der Waals surface area contributed by atoms with Gasteiger partial charge < -0.3 is 19.7 Å². The van der Waals surface area contributed by atoms with Crippen LogP contribution in [0.3, 0.4) is 0 Å². The predicted octanol–water partition coefficient (Wildman–Crippen LogP) is -1.89. The molecule has 0 aliphatic carbocycles. The molecule has 0 aromatic rings. The van der Waals surface area contributed by atoms with E-state index in [1.165, 1.54) is 0 Å². The molecule has 13 heavy (non-hydrogen) atoms. The summed E-state index contributed by atoms with van der Waals surface area (Å²) in [5.41, 5.74) is 0. The van der Waals surface area contributed by atoms with Gasteiger partial charge in [0.05, 0.1) is 18.7 Å². The van der Waals surface area contributed by atoms with E-state index >= 15 is 0 Å². The number of hydrogen-bond donors (Lipinski definition) is 3. The summed E-state index contributed by atoms with van der Waals surface area (Å²) in [5.74, 6) is 0. The van der Waals surface area contributed by atoms with E-state index in [1.807, 2.05) is 6.92 Å². The Bertz CT molecular complexity index is 121. The molecule has 1 atom stereocenters. The number of aliphatic hydroxyl groups is 3. The number of rotatable bonds is 7. The summed E-state index contributed by atoms with van der Waals surface area (Å²) in [7, 11) is -1.50. The van der Waals surface area contributed by atoms with Gasteiger partial charge in [-0.05, 0) is 13.3 Å². The van der Waals surface area contributed by atoms with E-state index in [2.05, 4.69) is 0 Å². The highest BCUT2D eigenvalue weighted by atomic mass is 28.4. The number of hydrogen-bond acceptors (Lipinski definition) is 4. The molecule has 4 nitrogen and oxygen atoms in total. The van der Waals surface area contributed by atoms with Crippen LogP contribution in [0.1, 0.15) is 13.3 Å². The van der Waals surface area contributed by atoms with Crippen molar-refractivity contribution in [3.63, 3.8) is 0 Å². The van der Waals surface area contributed by atoms with Crippen molar-refractivity contribution in [2.45, 2.75) is 25.5 Å². The fourth-order valence-corrected chi connectivity index (χ4v) is 3.46. The van der Waals surface area contributed by atoms with Crippen LogP contribution in [0.4, 0.5) is 0 Å². The number of aliphatic hydroxyl groups excluding tert-OH is 3. The van der Waals surface area contributed by atoms with Crippen molar-refractivity contribution in [3.05, 3.63) is 0 Å². The van der Waals surface area contributed by atoms with E-state index in [0.29, 0.717) is 0 Å². The Hall–Kier alpha value is 0.274. The second-order valence-corrected chi connectivity index (χ2v) is 7.92. The standard InChI is InChI=1S/C7H20O4Si2/c1-7(2-3-12)11-13(4-8,5-9)6-10/h7-10H,2-6H2,1,12H3. The van der Waals surface area contributed by atoms with Gasteiger partial charge in [-0.25, -0.2) is 0 Å². The van der Waals surface area contributed by atoms with Crippen LogP contribution in [0.25, 0.3) is 0 Å². The zero-order valence-corrected chi connectivity index (χ0v) is 11.4. The summed E-state index contributed by atoms with van der Waals surface area (Å²) in [6.07, 6.45) is 0.333. The molecule has 0 amide bonds. The molecule has 0 aromatic heterocycles. The molecule has 0 saturated carbocycles. The lowest BCUT2D eigenvalue weighted by Crippen LogP contribution is -2.53. The fourth-order valence-electron chi connectivity index (χ4n) is 1.15. The van der Waals surface area contributed by atoms with Gasteiger partial charge in [-0.15, -0.1) is 0 Å². The van der Waals surface area contributed by atoms with Gasteiger partial charge in [0.2, 0.25) is 0 Å². The molecule has 0 aliphatic heterocycles. The van der Waals surface area contributed by atoms with E-state index in [0.717, 1.165) is 22.7 Å². The van der Waals surface area contributed by atoms with Crippen molar-refractivity contribution in [2.75, 3.05) is 18.7 Å². The molecule has 0 aliphatic rings. The molecule has 0 fully saturated rings. The van der Waals surface area contributed by atoms with Gasteiger partial charge in [-0.1, -0.05) is 6.04 Å². The smallest absolute Gasteiger partial charge is 0.267 e. The SMILES string of the molecule is CC(CC[SiH3])O[Si](CO)(CO)CO. The van der Waals surface area contributed by atoms with Crippen molar-refractivity contribution in [1.82, 2.24) is 0 Å². The molecule has 6 heteroatoms. The maximum Gasteiger partial charge on any atom is 0.267 e. The minimum absolute atomic E-state index is 0.0376. The van der Waals surface area contributed by atoms with Crippen molar-refractivity contribution in [2.24, 2.45) is 0 Å². The lowest BCUT2D eigenvalue weighted by Gasteiger charge is -2.28. The molecular weight excluding hydrogens is 204 g/mol. The largest absolute Gasteiger partial charge is 0.407 e. The summed E-state index contributed by atoms with van der Waals surface area (Å²) in [5, 5.41) is 27.1. The third kappa shape index (κ3) is 4.34. The van der Waals surface area contributed by atoms with Crippen molar-refractivity contribution in [3.8, 4) is 0 Å². The maximum atomic E-state index is 9.02. The molecule has 0 spiro atoms. The normalized spacial score (nSPS) is 14.8. The molecule has 0 bridgehead atoms. The van der Waals surface area contributed by atoms with Crippen LogP contribution in [0, 0.1) is 0 Å². The molecule has 0 aromatic carbocycles. The molecule has 0 radical (unpaired) electrons. The summed E-state index contributed by atoms with van der Waals surface area (Å²) >= 11 is 0. The molecule has 1 unspecified atom stereocenters. The van der Waals surface area contributed by atoms with Gasteiger partial charge in [0.1, 0.15) is 0 Å². The third-order valence-electron chi connectivity index (χ3n) is 2.01. The molecule has 0 rings (SSSR count). The first-order valence-corrected chi connectivity index (χ1v) is 8.59. The van der Waals surface area contributed by atoms with E-state index < -0.39 is 8.32 Å². The first kappa shape index (κ1) is 13.3. The Morgan fingerprint density at radius 3 is 2.00 bits per heavy atom. The van der Waals surface area contributed by atoms with Crippen LogP contribution >= 0.6 is 0 Å². The van der Waals surface area contributed by atoms with Gasteiger partial charge in [0.15, 0.2) is 0 Å². The maximum absolute atomic E-state index is 9.02. The monoisotopic (exact) mass is 224 g/mol. The average molecular weight is 224 g/mol. The van der Waals surface area contributed by atoms with Gasteiger partial charge in [-0.2, -0.15) is 0 Å². The van der Waals surface area contributed by atoms with Crippen LogP contribution in [-0.4, -0.2) is 58.7 Å². The molecule has 0 heterocycles. The second kappa shape index (κ2) is 6.69. The summed E-state index contributed by atoms with van der Waals surface area (Å²) in [4.78, 5) is 0. The van der Waals surface area contributed by atoms with Crippen LogP contribution in [-0.2, 0) is 4.43 Å². The molecule has 0 saturated heterocycles. The first-order valence-electron chi connectivity index (χ1n) is 4.64. The highest BCUT2D eigenvalue weighted by Gasteiger charge is 2.34. The Labute approximate surface area is 83.1 Å². The lowest BCUT2D eigenvalue weighted by molar-refractivity contribution is 0.144. The Morgan fingerprint density at radius 1 is 1.23 bits per heavy atom. The van der Waals surface area contributed by atoms with Gasteiger partial charge in [-0.3, -0.25) is 0 Å². The van der Waals surface area contributed by atoms with Crippen LogP contribution < -0.4 is 0 Å². The lowest BCUT2D eigenvalue weighted by atomic mass is 10.3. The topological polar surface area (TPSA) is 69.9 Å². The second-order valence-electron chi connectivity index (χ2n) is 3.37. The van der Waals surface area contributed by atoms with E-state index in [4.69, 9.17) is 19.7 Å². The van der Waals surface area contributed by atoms with Crippen molar-refractivity contribution >= 4 is 18.6 Å². The highest BCUT2D eigenvalue weighted by Crippen LogP contribution is 2.10. The molecular formula is C7H20O4Si2. The minimum Gasteiger partial charge on any atom is -0.407 e. The minimum atomic E-state index is -2.64. The zero-order valence-electron chi connectivity index (χ0n) is 8.36. The van der Waals surface area contributed by atoms with Crippen molar-refractivity contribution in [1.29, 1.82) is 0 Å². The summed E-state index contributed by atoms with van der Waals surface area (Å²) in [6, 6.07) is 1.13. The Morgan fingerprint density at radius 2 is 1.69 bits per heavy atom.